The zero-order valence-electron chi connectivity index (χ0n) is 20.9. The van der Waals surface area contributed by atoms with Gasteiger partial charge in [-0.25, -0.2) is 12.7 Å². The number of benzene rings is 2. The van der Waals surface area contributed by atoms with Crippen molar-refractivity contribution in [2.45, 2.75) is 25.0 Å². The van der Waals surface area contributed by atoms with Crippen molar-refractivity contribution in [1.29, 1.82) is 0 Å². The van der Waals surface area contributed by atoms with Crippen LogP contribution >= 0.6 is 0 Å². The molecule has 2 fully saturated rings. The zero-order chi connectivity index (χ0) is 25.2. The fourth-order valence-electron chi connectivity index (χ4n) is 5.01. The summed E-state index contributed by atoms with van der Waals surface area (Å²) >= 11 is 0. The Morgan fingerprint density at radius 2 is 1.63 bits per heavy atom. The molecule has 1 amide bonds. The van der Waals surface area contributed by atoms with Crippen LogP contribution in [0.4, 0.5) is 5.69 Å². The molecule has 2 aliphatic heterocycles. The molecular weight excluding hydrogens is 466 g/mol. The van der Waals surface area contributed by atoms with E-state index in [0.29, 0.717) is 32.7 Å². The molecule has 9 heteroatoms. The van der Waals surface area contributed by atoms with E-state index in [0.717, 1.165) is 22.7 Å². The number of methoxy groups -OCH3 is 2. The van der Waals surface area contributed by atoms with Crippen molar-refractivity contribution in [3.8, 4) is 11.5 Å². The molecule has 2 heterocycles. The van der Waals surface area contributed by atoms with Crippen molar-refractivity contribution < 1.29 is 22.7 Å². The first-order valence-electron chi connectivity index (χ1n) is 12.1. The molecule has 0 radical (unpaired) electrons. The Balaban J connectivity index is 1.51. The molecular formula is C26H35N3O5S. The van der Waals surface area contributed by atoms with Gasteiger partial charge in [0.25, 0.3) is 0 Å². The maximum Gasteiger partial charge on any atom is 0.227 e. The molecule has 0 spiro atoms. The van der Waals surface area contributed by atoms with Crippen LogP contribution in [-0.2, 0) is 14.8 Å². The Labute approximate surface area is 208 Å². The summed E-state index contributed by atoms with van der Waals surface area (Å²) < 4.78 is 38.3. The van der Waals surface area contributed by atoms with Crippen LogP contribution in [0.5, 0.6) is 11.5 Å². The van der Waals surface area contributed by atoms with Crippen LogP contribution in [0.2, 0.25) is 0 Å². The highest BCUT2D eigenvalue weighted by atomic mass is 32.2. The second kappa shape index (κ2) is 10.5. The normalized spacial score (nSPS) is 21.4. The van der Waals surface area contributed by atoms with Gasteiger partial charge in [0.05, 0.1) is 31.1 Å². The number of sulfonamides is 1. The molecule has 0 N–H and O–H groups in total. The van der Waals surface area contributed by atoms with Gasteiger partial charge in [0, 0.05) is 51.3 Å². The van der Waals surface area contributed by atoms with Gasteiger partial charge >= 0.3 is 0 Å². The molecule has 0 aliphatic carbocycles. The van der Waals surface area contributed by atoms with Crippen LogP contribution in [0.3, 0.4) is 0 Å². The summed E-state index contributed by atoms with van der Waals surface area (Å²) in [4.78, 5) is 17.8. The number of ether oxygens (including phenoxy) is 2. The van der Waals surface area contributed by atoms with E-state index in [1.54, 1.807) is 28.1 Å². The van der Waals surface area contributed by atoms with Crippen molar-refractivity contribution in [1.82, 2.24) is 9.21 Å². The lowest BCUT2D eigenvalue weighted by atomic mass is 9.88. The van der Waals surface area contributed by atoms with Gasteiger partial charge in [-0.2, -0.15) is 0 Å². The fraction of sp³-hybridized carbons (Fsp3) is 0.500. The van der Waals surface area contributed by atoms with E-state index in [4.69, 9.17) is 9.47 Å². The topological polar surface area (TPSA) is 79.4 Å². The molecule has 8 nitrogen and oxygen atoms in total. The summed E-state index contributed by atoms with van der Waals surface area (Å²) in [6.45, 7) is 6.38. The first-order valence-corrected chi connectivity index (χ1v) is 13.6. The monoisotopic (exact) mass is 501 g/mol. The van der Waals surface area contributed by atoms with Gasteiger partial charge in [-0.1, -0.05) is 30.3 Å². The third-order valence-electron chi connectivity index (χ3n) is 7.10. The van der Waals surface area contributed by atoms with Gasteiger partial charge in [-0.15, -0.1) is 0 Å². The van der Waals surface area contributed by atoms with Crippen molar-refractivity contribution in [2.24, 2.45) is 5.92 Å². The minimum atomic E-state index is -3.45. The minimum Gasteiger partial charge on any atom is -0.497 e. The summed E-state index contributed by atoms with van der Waals surface area (Å²) in [7, 11) is -0.166. The Morgan fingerprint density at radius 3 is 2.23 bits per heavy atom. The van der Waals surface area contributed by atoms with Crippen LogP contribution in [0, 0.1) is 5.92 Å². The largest absolute Gasteiger partial charge is 0.497 e. The third kappa shape index (κ3) is 5.11. The Bertz CT molecular complexity index is 1130. The summed E-state index contributed by atoms with van der Waals surface area (Å²) in [6, 6.07) is 15.5. The van der Waals surface area contributed by atoms with Gasteiger partial charge in [0.15, 0.2) is 0 Å². The molecule has 35 heavy (non-hydrogen) atoms. The number of hydrogen-bond acceptors (Lipinski definition) is 6. The number of rotatable bonds is 7. The maximum atomic E-state index is 13.7. The van der Waals surface area contributed by atoms with Crippen LogP contribution in [-0.4, -0.2) is 82.3 Å². The van der Waals surface area contributed by atoms with E-state index in [9.17, 15) is 13.2 Å². The molecule has 190 valence electrons. The van der Waals surface area contributed by atoms with Gasteiger partial charge < -0.3 is 19.3 Å². The van der Waals surface area contributed by atoms with Crippen molar-refractivity contribution >= 4 is 21.6 Å². The highest BCUT2D eigenvalue weighted by Crippen LogP contribution is 2.37. The van der Waals surface area contributed by atoms with Crippen molar-refractivity contribution in [2.75, 3.05) is 58.4 Å². The van der Waals surface area contributed by atoms with Gasteiger partial charge in [-0.05, 0) is 31.5 Å². The minimum absolute atomic E-state index is 0.0255. The molecule has 0 unspecified atom stereocenters. The first kappa shape index (κ1) is 25.3. The van der Waals surface area contributed by atoms with E-state index < -0.39 is 21.2 Å². The number of nitrogens with zero attached hydrogens (tertiary/aromatic N) is 3. The second-order valence-corrected chi connectivity index (χ2v) is 11.9. The Kier molecular flexibility index (Phi) is 7.56. The average Bonchev–Trinajstić information content (AvgIpc) is 3.35. The lowest BCUT2D eigenvalue weighted by Gasteiger charge is -2.38. The molecule has 0 bridgehead atoms. The van der Waals surface area contributed by atoms with Gasteiger partial charge in [-0.3, -0.25) is 4.79 Å². The van der Waals surface area contributed by atoms with Gasteiger partial charge in [0.1, 0.15) is 11.5 Å². The van der Waals surface area contributed by atoms with E-state index in [2.05, 4.69) is 4.90 Å². The SMILES string of the molecule is COc1ccc(OC)c(N2CCN(C(=O)[C@@H]3CN(S(=O)(=O)C(C)C)C[C@H]3c3ccccc3)CC2)c1. The fourth-order valence-corrected chi connectivity index (χ4v) is 6.34. The molecule has 2 aliphatic rings. The second-order valence-electron chi connectivity index (χ2n) is 9.38. The molecule has 2 atom stereocenters. The maximum absolute atomic E-state index is 13.7. The van der Waals surface area contributed by atoms with E-state index >= 15 is 0 Å². The first-order chi connectivity index (χ1) is 16.8. The molecule has 4 rings (SSSR count). The number of carbonyl (C=O) groups excluding carboxylic acids is 1. The predicted octanol–water partition coefficient (Wildman–Crippen LogP) is 2.81. The van der Waals surface area contributed by atoms with Gasteiger partial charge in [0.2, 0.25) is 15.9 Å². The summed E-state index contributed by atoms with van der Waals surface area (Å²) in [5.41, 5.74) is 1.95. The smallest absolute Gasteiger partial charge is 0.227 e. The molecule has 0 aromatic heterocycles. The number of anilines is 1. The highest BCUT2D eigenvalue weighted by Gasteiger charge is 2.45. The number of amides is 1. The number of piperazine rings is 1. The number of hydrogen-bond donors (Lipinski definition) is 0. The van der Waals surface area contributed by atoms with Crippen LogP contribution < -0.4 is 14.4 Å². The Morgan fingerprint density at radius 1 is 0.943 bits per heavy atom. The van der Waals surface area contributed by atoms with E-state index in [-0.39, 0.29) is 18.4 Å². The zero-order valence-corrected chi connectivity index (χ0v) is 21.7. The lowest BCUT2D eigenvalue weighted by Crippen LogP contribution is -2.51. The van der Waals surface area contributed by atoms with E-state index in [1.807, 2.05) is 53.4 Å². The highest BCUT2D eigenvalue weighted by molar-refractivity contribution is 7.89. The van der Waals surface area contributed by atoms with Crippen molar-refractivity contribution in [3.63, 3.8) is 0 Å². The van der Waals surface area contributed by atoms with Crippen LogP contribution in [0.1, 0.15) is 25.3 Å². The third-order valence-corrected chi connectivity index (χ3v) is 9.31. The summed E-state index contributed by atoms with van der Waals surface area (Å²) in [5.74, 6) is 0.984. The predicted molar refractivity (Wildman–Crippen MR) is 137 cm³/mol. The molecule has 2 aromatic rings. The van der Waals surface area contributed by atoms with E-state index in [1.165, 1.54) is 4.31 Å². The van der Waals surface area contributed by atoms with Crippen LogP contribution in [0.15, 0.2) is 48.5 Å². The quantitative estimate of drug-likeness (QED) is 0.581. The lowest BCUT2D eigenvalue weighted by molar-refractivity contribution is -0.135. The summed E-state index contributed by atoms with van der Waals surface area (Å²) in [6.07, 6.45) is 0. The number of carbonyl (C=O) groups is 1. The summed E-state index contributed by atoms with van der Waals surface area (Å²) in [5, 5.41) is -0.519. The molecule has 0 saturated carbocycles. The molecule has 2 saturated heterocycles. The standard InChI is InChI=1S/C26H35N3O5S/c1-19(2)35(31,32)29-17-22(20-8-6-5-7-9-20)23(18-29)26(30)28-14-12-27(13-15-28)24-16-21(33-3)10-11-25(24)34-4/h5-11,16,19,22-23H,12-15,17-18H2,1-4H3/t22-,23+/m0/s1. The van der Waals surface area contributed by atoms with Crippen molar-refractivity contribution in [3.05, 3.63) is 54.1 Å². The molecule has 2 aromatic carbocycles. The Hall–Kier alpha value is -2.78. The van der Waals surface area contributed by atoms with Crippen LogP contribution in [0.25, 0.3) is 0 Å². The average molecular weight is 502 g/mol.